The summed E-state index contributed by atoms with van der Waals surface area (Å²) in [6, 6.07) is 7.48. The molecule has 2 saturated carbocycles. The number of ether oxygens (including phenoxy) is 2. The first-order valence-corrected chi connectivity index (χ1v) is 17.1. The Morgan fingerprint density at radius 1 is 1.17 bits per heavy atom. The second kappa shape index (κ2) is 14.4. The lowest BCUT2D eigenvalue weighted by Crippen LogP contribution is -2.59. The third kappa shape index (κ3) is 7.67. The maximum atomic E-state index is 14.2. The van der Waals surface area contributed by atoms with Crippen molar-refractivity contribution in [2.24, 2.45) is 16.5 Å². The van der Waals surface area contributed by atoms with Crippen LogP contribution in [0.15, 0.2) is 53.5 Å². The molecule has 0 spiro atoms. The maximum Gasteiger partial charge on any atom is 0.408 e. The van der Waals surface area contributed by atoms with Gasteiger partial charge in [0.25, 0.3) is 0 Å². The van der Waals surface area contributed by atoms with Crippen LogP contribution in [0.2, 0.25) is 0 Å². The van der Waals surface area contributed by atoms with E-state index in [-0.39, 0.29) is 25.5 Å². The van der Waals surface area contributed by atoms with Gasteiger partial charge in [-0.2, -0.15) is 0 Å². The predicted molar refractivity (Wildman–Crippen MR) is 181 cm³/mol. The van der Waals surface area contributed by atoms with E-state index in [2.05, 4.69) is 22.4 Å². The topological polar surface area (TPSA) is 156 Å². The van der Waals surface area contributed by atoms with Crippen molar-refractivity contribution >= 4 is 41.4 Å². The first-order chi connectivity index (χ1) is 22.9. The predicted octanol–water partition coefficient (Wildman–Crippen LogP) is 4.97. The van der Waals surface area contributed by atoms with Crippen LogP contribution in [0.1, 0.15) is 64.9 Å². The number of hydrogen-bond donors (Lipinski definition) is 3. The quantitative estimate of drug-likeness (QED) is 0.161. The number of carboxylic acids is 1. The van der Waals surface area contributed by atoms with Crippen LogP contribution in [0.25, 0.3) is 10.4 Å². The third-order valence-electron chi connectivity index (χ3n) is 9.27. The highest BCUT2D eigenvalue weighted by molar-refractivity contribution is 7.13. The summed E-state index contributed by atoms with van der Waals surface area (Å²) in [4.78, 5) is 61.4. The Bertz CT molecular complexity index is 1550. The van der Waals surface area contributed by atoms with Crippen molar-refractivity contribution in [1.82, 2.24) is 15.5 Å². The van der Waals surface area contributed by atoms with Crippen LogP contribution in [-0.2, 0) is 24.0 Å². The van der Waals surface area contributed by atoms with Crippen molar-refractivity contribution < 1.29 is 38.6 Å². The van der Waals surface area contributed by atoms with Crippen molar-refractivity contribution in [3.05, 3.63) is 53.9 Å². The number of thiophene rings is 1. The standard InChI is InChI=1S/C35H44N4O8S/c1-6-22-18-35(22,32(42)43)38-30(40)27-17-25(47-36-19-21-16-24(45-5)13-14-26(21)28-12-9-15-48-28)20-39(27)31(41)29(34(2,3)4)37-33(44)46-23-10-7-8-11-23/h6,9,12-16,19,22-23,25,27,29H,1,7-8,10-11,17-18,20H2,2-5H3,(H,37,44)(H,38,40)(H,42,43)/b36-19+/t22-,25-,27+,29-,35+/m1/s1. The molecule has 0 unspecified atom stereocenters. The summed E-state index contributed by atoms with van der Waals surface area (Å²) in [5, 5.41) is 21.6. The monoisotopic (exact) mass is 680 g/mol. The van der Waals surface area contributed by atoms with E-state index in [9.17, 15) is 24.3 Å². The number of alkyl carbamates (subject to hydrolysis) is 1. The van der Waals surface area contributed by atoms with Crippen molar-refractivity contribution in [1.29, 1.82) is 0 Å². The summed E-state index contributed by atoms with van der Waals surface area (Å²) in [7, 11) is 1.58. The van der Waals surface area contributed by atoms with E-state index < -0.39 is 58.9 Å². The Morgan fingerprint density at radius 3 is 2.52 bits per heavy atom. The van der Waals surface area contributed by atoms with Crippen LogP contribution < -0.4 is 15.4 Å². The number of methoxy groups -OCH3 is 1. The molecule has 1 aromatic heterocycles. The Hall–Kier alpha value is -4.39. The Balaban J connectivity index is 1.37. The minimum absolute atomic E-state index is 0.0129. The van der Waals surface area contributed by atoms with Crippen LogP contribution in [0.5, 0.6) is 5.75 Å². The normalized spacial score (nSPS) is 24.6. The number of aliphatic carboxylic acids is 1. The number of rotatable bonds is 12. The number of amides is 3. The van der Waals surface area contributed by atoms with Gasteiger partial charge >= 0.3 is 12.1 Å². The summed E-state index contributed by atoms with van der Waals surface area (Å²) < 4.78 is 11.0. The molecule has 3 amide bonds. The molecule has 1 saturated heterocycles. The van der Waals surface area contributed by atoms with Gasteiger partial charge in [-0.25, -0.2) is 9.59 Å². The fraction of sp³-hybridized carbons (Fsp3) is 0.514. The molecule has 12 nitrogen and oxygen atoms in total. The van der Waals surface area contributed by atoms with Crippen molar-refractivity contribution in [2.45, 2.75) is 89.1 Å². The molecular weight excluding hydrogens is 636 g/mol. The largest absolute Gasteiger partial charge is 0.497 e. The number of carbonyl (C=O) groups excluding carboxylic acids is 3. The van der Waals surface area contributed by atoms with E-state index in [1.54, 1.807) is 24.7 Å². The molecule has 1 aromatic carbocycles. The minimum atomic E-state index is -1.48. The fourth-order valence-corrected chi connectivity index (χ4v) is 7.19. The average Bonchev–Trinajstić information content (AvgIpc) is 3.53. The van der Waals surface area contributed by atoms with Gasteiger partial charge in [-0.05, 0) is 67.2 Å². The molecule has 48 heavy (non-hydrogen) atoms. The van der Waals surface area contributed by atoms with Gasteiger partial charge in [0.05, 0.1) is 19.9 Å². The highest BCUT2D eigenvalue weighted by Gasteiger charge is 2.61. The van der Waals surface area contributed by atoms with E-state index in [1.807, 2.05) is 56.5 Å². The number of carbonyl (C=O) groups is 4. The molecule has 258 valence electrons. The number of oxime groups is 1. The highest BCUT2D eigenvalue weighted by Crippen LogP contribution is 2.45. The molecule has 3 fully saturated rings. The molecule has 5 atom stereocenters. The van der Waals surface area contributed by atoms with Crippen molar-refractivity contribution in [3.8, 4) is 16.2 Å². The molecule has 2 heterocycles. The molecule has 3 aliphatic rings. The summed E-state index contributed by atoms with van der Waals surface area (Å²) in [5.74, 6) is -2.09. The van der Waals surface area contributed by atoms with Gasteiger partial charge in [-0.3, -0.25) is 9.59 Å². The second-order valence-electron chi connectivity index (χ2n) is 13.7. The number of carboxylic acid groups (broad SMARTS) is 1. The lowest BCUT2D eigenvalue weighted by Gasteiger charge is -2.35. The summed E-state index contributed by atoms with van der Waals surface area (Å²) in [5.41, 5.74) is -0.548. The SMILES string of the molecule is C=C[C@@H]1C[C@@]1(NC(=O)[C@@H]1C[C@@H](O/N=C/c2cc(OC)ccc2-c2cccs2)CN1C(=O)[C@@H](NC(=O)OC1CCCC1)C(C)(C)C)C(=O)O. The van der Waals surface area contributed by atoms with Gasteiger partial charge in [0.15, 0.2) is 0 Å². The molecule has 2 aromatic rings. The molecule has 3 N–H and O–H groups in total. The van der Waals surface area contributed by atoms with Gasteiger partial charge in [0.1, 0.15) is 35.6 Å². The fourth-order valence-electron chi connectivity index (χ4n) is 6.41. The van der Waals surface area contributed by atoms with E-state index >= 15 is 0 Å². The lowest BCUT2D eigenvalue weighted by molar-refractivity contribution is -0.146. The number of likely N-dealkylation sites (tertiary alicyclic amines) is 1. The third-order valence-corrected chi connectivity index (χ3v) is 10.2. The molecule has 0 radical (unpaired) electrons. The number of hydrogen-bond acceptors (Lipinski definition) is 9. The Labute approximate surface area is 284 Å². The molecule has 1 aliphatic heterocycles. The smallest absolute Gasteiger partial charge is 0.408 e. The van der Waals surface area contributed by atoms with Gasteiger partial charge in [-0.1, -0.05) is 38.1 Å². The molecular formula is C35H44N4O8S. The van der Waals surface area contributed by atoms with E-state index in [4.69, 9.17) is 14.3 Å². The van der Waals surface area contributed by atoms with E-state index in [0.29, 0.717) is 5.75 Å². The van der Waals surface area contributed by atoms with Crippen LogP contribution in [0, 0.1) is 11.3 Å². The summed E-state index contributed by atoms with van der Waals surface area (Å²) in [6.07, 6.45) is 5.25. The van der Waals surface area contributed by atoms with E-state index in [1.165, 1.54) is 11.0 Å². The van der Waals surface area contributed by atoms with Crippen LogP contribution >= 0.6 is 11.3 Å². The van der Waals surface area contributed by atoms with Gasteiger partial charge < -0.3 is 35.0 Å². The Morgan fingerprint density at radius 2 is 1.92 bits per heavy atom. The van der Waals surface area contributed by atoms with Gasteiger partial charge in [-0.15, -0.1) is 17.9 Å². The molecule has 13 heteroatoms. The minimum Gasteiger partial charge on any atom is -0.497 e. The Kier molecular flexibility index (Phi) is 10.5. The second-order valence-corrected chi connectivity index (χ2v) is 14.6. The molecule has 0 bridgehead atoms. The van der Waals surface area contributed by atoms with E-state index in [0.717, 1.165) is 41.7 Å². The van der Waals surface area contributed by atoms with Gasteiger partial charge in [0, 0.05) is 28.3 Å². The van der Waals surface area contributed by atoms with Crippen LogP contribution in [-0.4, -0.2) is 83.6 Å². The zero-order chi connectivity index (χ0) is 34.6. The maximum absolute atomic E-state index is 14.2. The molecule has 2 aliphatic carbocycles. The first-order valence-electron chi connectivity index (χ1n) is 16.2. The van der Waals surface area contributed by atoms with Crippen molar-refractivity contribution in [2.75, 3.05) is 13.7 Å². The highest BCUT2D eigenvalue weighted by atomic mass is 32.1. The zero-order valence-electron chi connectivity index (χ0n) is 27.8. The lowest BCUT2D eigenvalue weighted by atomic mass is 9.85. The number of benzene rings is 1. The number of nitrogens with zero attached hydrogens (tertiary/aromatic N) is 2. The van der Waals surface area contributed by atoms with Crippen LogP contribution in [0.3, 0.4) is 0 Å². The van der Waals surface area contributed by atoms with Crippen molar-refractivity contribution in [3.63, 3.8) is 0 Å². The number of nitrogens with one attached hydrogen (secondary N) is 2. The van der Waals surface area contributed by atoms with Crippen LogP contribution in [0.4, 0.5) is 4.79 Å². The molecule has 5 rings (SSSR count). The summed E-state index contributed by atoms with van der Waals surface area (Å²) >= 11 is 1.58. The first kappa shape index (κ1) is 34.9. The van der Waals surface area contributed by atoms with Gasteiger partial charge in [0.2, 0.25) is 11.8 Å². The average molecular weight is 681 g/mol. The zero-order valence-corrected chi connectivity index (χ0v) is 28.6. The summed E-state index contributed by atoms with van der Waals surface area (Å²) in [6.45, 7) is 9.12.